The number of aryl methyl sites for hydroxylation is 1. The lowest BCUT2D eigenvalue weighted by Gasteiger charge is -2.03. The number of aromatic amines is 1. The molecule has 0 spiro atoms. The molecule has 4 aromatic rings. The van der Waals surface area contributed by atoms with Gasteiger partial charge in [-0.05, 0) is 29.3 Å². The first-order chi connectivity index (χ1) is 9.83. The van der Waals surface area contributed by atoms with Crippen LogP contribution in [0.15, 0.2) is 60.7 Å². The largest absolute Gasteiger partial charge is 0.338 e. The highest BCUT2D eigenvalue weighted by Crippen LogP contribution is 2.28. The van der Waals surface area contributed by atoms with E-state index in [1.807, 2.05) is 12.1 Å². The standard InChI is InChI=1S/C18H14N2/c1-12-6-4-11-16-17(12)20-18(19-16)15-10-5-8-13-7-2-3-9-14(13)15/h2-11H,1H3,(H,19,20). The van der Waals surface area contributed by atoms with E-state index in [1.165, 1.54) is 16.3 Å². The maximum absolute atomic E-state index is 4.74. The summed E-state index contributed by atoms with van der Waals surface area (Å²) in [4.78, 5) is 8.20. The molecule has 0 atom stereocenters. The molecule has 2 nitrogen and oxygen atoms in total. The van der Waals surface area contributed by atoms with Crippen LogP contribution in [0.3, 0.4) is 0 Å². The Morgan fingerprint density at radius 1 is 0.850 bits per heavy atom. The Hall–Kier alpha value is -2.61. The van der Waals surface area contributed by atoms with Gasteiger partial charge in [0.05, 0.1) is 11.0 Å². The normalized spacial score (nSPS) is 11.2. The Kier molecular flexibility index (Phi) is 2.36. The fourth-order valence-corrected chi connectivity index (χ4v) is 2.73. The molecule has 0 amide bonds. The summed E-state index contributed by atoms with van der Waals surface area (Å²) in [6.07, 6.45) is 0. The summed E-state index contributed by atoms with van der Waals surface area (Å²) in [5.74, 6) is 0.936. The molecule has 2 heteroatoms. The van der Waals surface area contributed by atoms with Crippen molar-refractivity contribution in [1.29, 1.82) is 0 Å². The SMILES string of the molecule is Cc1cccc2nc(-c3cccc4ccccc34)[nH]c12. The molecule has 0 saturated heterocycles. The molecule has 1 aromatic heterocycles. The molecule has 0 aliphatic carbocycles. The Labute approximate surface area is 117 Å². The van der Waals surface area contributed by atoms with E-state index in [0.29, 0.717) is 0 Å². The van der Waals surface area contributed by atoms with Crippen molar-refractivity contribution in [2.24, 2.45) is 0 Å². The number of aromatic nitrogens is 2. The number of hydrogen-bond donors (Lipinski definition) is 1. The molecule has 0 unspecified atom stereocenters. The first-order valence-corrected chi connectivity index (χ1v) is 6.76. The van der Waals surface area contributed by atoms with Crippen LogP contribution in [0.1, 0.15) is 5.56 Å². The van der Waals surface area contributed by atoms with E-state index < -0.39 is 0 Å². The van der Waals surface area contributed by atoms with E-state index in [9.17, 15) is 0 Å². The van der Waals surface area contributed by atoms with E-state index in [1.54, 1.807) is 0 Å². The summed E-state index contributed by atoms with van der Waals surface area (Å²) in [6.45, 7) is 2.10. The minimum absolute atomic E-state index is 0.936. The van der Waals surface area contributed by atoms with Crippen molar-refractivity contribution >= 4 is 21.8 Å². The van der Waals surface area contributed by atoms with E-state index in [2.05, 4.69) is 60.4 Å². The first kappa shape index (κ1) is 11.2. The number of para-hydroxylation sites is 1. The second-order valence-electron chi connectivity index (χ2n) is 5.08. The number of fused-ring (bicyclic) bond motifs is 2. The number of H-pyrrole nitrogens is 1. The third kappa shape index (κ3) is 1.62. The minimum Gasteiger partial charge on any atom is -0.338 e. The monoisotopic (exact) mass is 258 g/mol. The lowest BCUT2D eigenvalue weighted by Crippen LogP contribution is -1.83. The number of rotatable bonds is 1. The van der Waals surface area contributed by atoms with Crippen LogP contribution in [0, 0.1) is 6.92 Å². The average molecular weight is 258 g/mol. The van der Waals surface area contributed by atoms with Gasteiger partial charge in [-0.15, -0.1) is 0 Å². The molecule has 1 heterocycles. The second-order valence-corrected chi connectivity index (χ2v) is 5.08. The van der Waals surface area contributed by atoms with Crippen molar-refractivity contribution in [3.63, 3.8) is 0 Å². The maximum Gasteiger partial charge on any atom is 0.139 e. The fourth-order valence-electron chi connectivity index (χ4n) is 2.73. The Morgan fingerprint density at radius 2 is 1.65 bits per heavy atom. The summed E-state index contributed by atoms with van der Waals surface area (Å²) < 4.78 is 0. The fraction of sp³-hybridized carbons (Fsp3) is 0.0556. The van der Waals surface area contributed by atoms with Gasteiger partial charge in [0.25, 0.3) is 0 Å². The Bertz CT molecular complexity index is 914. The zero-order valence-electron chi connectivity index (χ0n) is 11.2. The van der Waals surface area contributed by atoms with Crippen LogP contribution in [0.25, 0.3) is 33.2 Å². The van der Waals surface area contributed by atoms with Crippen LogP contribution < -0.4 is 0 Å². The second kappa shape index (κ2) is 4.20. The van der Waals surface area contributed by atoms with Gasteiger partial charge in [-0.2, -0.15) is 0 Å². The molecule has 0 aliphatic rings. The number of benzene rings is 3. The number of imidazole rings is 1. The topological polar surface area (TPSA) is 28.7 Å². The van der Waals surface area contributed by atoms with Crippen LogP contribution in [-0.2, 0) is 0 Å². The molecule has 0 saturated carbocycles. The zero-order valence-corrected chi connectivity index (χ0v) is 11.2. The molecule has 0 bridgehead atoms. The quantitative estimate of drug-likeness (QED) is 0.527. The molecule has 4 rings (SSSR count). The van der Waals surface area contributed by atoms with Crippen LogP contribution in [0.2, 0.25) is 0 Å². The van der Waals surface area contributed by atoms with E-state index in [-0.39, 0.29) is 0 Å². The lowest BCUT2D eigenvalue weighted by atomic mass is 10.0. The number of hydrogen-bond acceptors (Lipinski definition) is 1. The van der Waals surface area contributed by atoms with Crippen molar-refractivity contribution in [3.05, 3.63) is 66.2 Å². The van der Waals surface area contributed by atoms with Crippen LogP contribution in [0.5, 0.6) is 0 Å². The highest BCUT2D eigenvalue weighted by Gasteiger charge is 2.09. The van der Waals surface area contributed by atoms with Gasteiger partial charge in [0.1, 0.15) is 5.82 Å². The molecule has 1 N–H and O–H groups in total. The van der Waals surface area contributed by atoms with Gasteiger partial charge in [0.15, 0.2) is 0 Å². The van der Waals surface area contributed by atoms with Gasteiger partial charge in [-0.3, -0.25) is 0 Å². The number of nitrogens with one attached hydrogen (secondary N) is 1. The van der Waals surface area contributed by atoms with Gasteiger partial charge < -0.3 is 4.98 Å². The molecule has 96 valence electrons. The predicted molar refractivity (Wildman–Crippen MR) is 83.8 cm³/mol. The summed E-state index contributed by atoms with van der Waals surface area (Å²) >= 11 is 0. The van der Waals surface area contributed by atoms with Gasteiger partial charge in [-0.25, -0.2) is 4.98 Å². The smallest absolute Gasteiger partial charge is 0.139 e. The molecular weight excluding hydrogens is 244 g/mol. The van der Waals surface area contributed by atoms with E-state index >= 15 is 0 Å². The third-order valence-corrected chi connectivity index (χ3v) is 3.77. The molecule has 0 aliphatic heterocycles. The van der Waals surface area contributed by atoms with Crippen molar-refractivity contribution in [3.8, 4) is 11.4 Å². The zero-order chi connectivity index (χ0) is 13.5. The van der Waals surface area contributed by atoms with Crippen LogP contribution >= 0.6 is 0 Å². The van der Waals surface area contributed by atoms with Crippen molar-refractivity contribution in [1.82, 2.24) is 9.97 Å². The Balaban J connectivity index is 2.04. The number of nitrogens with zero attached hydrogens (tertiary/aromatic N) is 1. The summed E-state index contributed by atoms with van der Waals surface area (Å²) in [7, 11) is 0. The summed E-state index contributed by atoms with van der Waals surface area (Å²) in [6, 6.07) is 20.9. The average Bonchev–Trinajstić information content (AvgIpc) is 2.92. The van der Waals surface area contributed by atoms with Crippen LogP contribution in [0.4, 0.5) is 0 Å². The molecule has 3 aromatic carbocycles. The predicted octanol–water partition coefficient (Wildman–Crippen LogP) is 4.69. The summed E-state index contributed by atoms with van der Waals surface area (Å²) in [5.41, 5.74) is 4.52. The van der Waals surface area contributed by atoms with Crippen molar-refractivity contribution in [2.75, 3.05) is 0 Å². The highest BCUT2D eigenvalue weighted by atomic mass is 14.9. The Morgan fingerprint density at radius 3 is 2.55 bits per heavy atom. The molecule has 0 fully saturated rings. The lowest BCUT2D eigenvalue weighted by molar-refractivity contribution is 1.34. The third-order valence-electron chi connectivity index (χ3n) is 3.77. The van der Waals surface area contributed by atoms with E-state index in [0.717, 1.165) is 22.4 Å². The minimum atomic E-state index is 0.936. The molecule has 20 heavy (non-hydrogen) atoms. The summed E-state index contributed by atoms with van der Waals surface area (Å²) in [5, 5.41) is 2.47. The molecule has 0 radical (unpaired) electrons. The highest BCUT2D eigenvalue weighted by molar-refractivity contribution is 5.96. The van der Waals surface area contributed by atoms with E-state index in [4.69, 9.17) is 4.98 Å². The maximum atomic E-state index is 4.74. The van der Waals surface area contributed by atoms with Gasteiger partial charge in [0.2, 0.25) is 0 Å². The van der Waals surface area contributed by atoms with Gasteiger partial charge >= 0.3 is 0 Å². The van der Waals surface area contributed by atoms with Gasteiger partial charge in [0, 0.05) is 5.56 Å². The van der Waals surface area contributed by atoms with Crippen molar-refractivity contribution < 1.29 is 0 Å². The van der Waals surface area contributed by atoms with Gasteiger partial charge in [-0.1, -0.05) is 54.6 Å². The van der Waals surface area contributed by atoms with Crippen molar-refractivity contribution in [2.45, 2.75) is 6.92 Å². The molecular formula is C18H14N2. The first-order valence-electron chi connectivity index (χ1n) is 6.76. The van der Waals surface area contributed by atoms with Crippen LogP contribution in [-0.4, -0.2) is 9.97 Å².